The van der Waals surface area contributed by atoms with Crippen molar-refractivity contribution < 1.29 is 9.59 Å². The van der Waals surface area contributed by atoms with E-state index in [1.54, 1.807) is 0 Å². The van der Waals surface area contributed by atoms with Gasteiger partial charge >= 0.3 is 0 Å². The van der Waals surface area contributed by atoms with Gasteiger partial charge in [-0.05, 0) is 25.0 Å². The minimum atomic E-state index is -0.225. The first-order chi connectivity index (χ1) is 12.0. The van der Waals surface area contributed by atoms with E-state index in [4.69, 9.17) is 0 Å². The predicted octanol–water partition coefficient (Wildman–Crippen LogP) is 3.31. The average molecular weight is 334 g/mol. The number of rotatable bonds is 5. The monoisotopic (exact) mass is 334 g/mol. The van der Waals surface area contributed by atoms with Crippen LogP contribution >= 0.6 is 0 Å². The van der Waals surface area contributed by atoms with Gasteiger partial charge in [-0.1, -0.05) is 60.7 Å². The molecule has 0 bridgehead atoms. The zero-order valence-corrected chi connectivity index (χ0v) is 14.8. The van der Waals surface area contributed by atoms with Crippen LogP contribution in [0, 0.1) is 0 Å². The molecule has 2 aromatic carbocycles. The van der Waals surface area contributed by atoms with Crippen LogP contribution in [0.2, 0.25) is 0 Å². The van der Waals surface area contributed by atoms with Crippen LogP contribution in [0.4, 0.5) is 0 Å². The van der Waals surface area contributed by atoms with E-state index in [2.05, 4.69) is 0 Å². The summed E-state index contributed by atoms with van der Waals surface area (Å²) in [5.74, 6) is -0.446. The molecule has 0 radical (unpaired) electrons. The molecule has 2 amide bonds. The van der Waals surface area contributed by atoms with E-state index in [1.165, 1.54) is 4.90 Å². The number of benzene rings is 2. The molecule has 25 heavy (non-hydrogen) atoms. The third-order valence-corrected chi connectivity index (χ3v) is 4.31. The molecule has 0 spiro atoms. The van der Waals surface area contributed by atoms with Crippen LogP contribution in [0.5, 0.6) is 0 Å². The SMILES string of the molecule is CC(C)N1C(=O)C(c2ccccc2)=C(N(C)Cc2ccccc2)C1=O. The van der Waals surface area contributed by atoms with E-state index in [9.17, 15) is 9.59 Å². The molecule has 1 aliphatic rings. The first-order valence-electron chi connectivity index (χ1n) is 8.43. The lowest BCUT2D eigenvalue weighted by atomic mass is 10.0. The maximum Gasteiger partial charge on any atom is 0.278 e. The fraction of sp³-hybridized carbons (Fsp3) is 0.238. The number of carbonyl (C=O) groups is 2. The van der Waals surface area contributed by atoms with Crippen molar-refractivity contribution in [3.8, 4) is 0 Å². The molecule has 0 N–H and O–H groups in total. The Kier molecular flexibility index (Phi) is 4.70. The Morgan fingerprint density at radius 2 is 1.44 bits per heavy atom. The summed E-state index contributed by atoms with van der Waals surface area (Å²) < 4.78 is 0. The van der Waals surface area contributed by atoms with Crippen LogP contribution in [0.25, 0.3) is 5.57 Å². The minimum absolute atomic E-state index is 0.179. The zero-order valence-electron chi connectivity index (χ0n) is 14.8. The van der Waals surface area contributed by atoms with E-state index < -0.39 is 0 Å². The van der Waals surface area contributed by atoms with E-state index >= 15 is 0 Å². The van der Waals surface area contributed by atoms with Gasteiger partial charge in [0.25, 0.3) is 11.8 Å². The Morgan fingerprint density at radius 1 is 0.880 bits per heavy atom. The molecular formula is C21H22N2O2. The van der Waals surface area contributed by atoms with Crippen molar-refractivity contribution in [2.75, 3.05) is 7.05 Å². The molecule has 0 fully saturated rings. The summed E-state index contributed by atoms with van der Waals surface area (Å²) in [5.41, 5.74) is 2.82. The first kappa shape index (κ1) is 17.0. The van der Waals surface area contributed by atoms with E-state index in [1.807, 2.05) is 86.5 Å². The standard InChI is InChI=1S/C21H22N2O2/c1-15(2)23-20(24)18(17-12-8-5-9-13-17)19(21(23)25)22(3)14-16-10-6-4-7-11-16/h4-13,15H,14H2,1-3H3. The molecule has 0 aromatic heterocycles. The number of imide groups is 1. The molecule has 128 valence electrons. The van der Waals surface area contributed by atoms with E-state index in [0.29, 0.717) is 17.8 Å². The third-order valence-electron chi connectivity index (χ3n) is 4.31. The van der Waals surface area contributed by atoms with Gasteiger partial charge in [-0.2, -0.15) is 0 Å². The fourth-order valence-corrected chi connectivity index (χ4v) is 3.16. The highest BCUT2D eigenvalue weighted by Crippen LogP contribution is 2.32. The molecular weight excluding hydrogens is 312 g/mol. The van der Waals surface area contributed by atoms with E-state index in [0.717, 1.165) is 11.1 Å². The molecule has 2 aromatic rings. The quantitative estimate of drug-likeness (QED) is 0.788. The van der Waals surface area contributed by atoms with Crippen LogP contribution in [0.15, 0.2) is 66.4 Å². The highest BCUT2D eigenvalue weighted by molar-refractivity contribution is 6.35. The second-order valence-electron chi connectivity index (χ2n) is 6.51. The number of likely N-dealkylation sites (N-methyl/N-ethyl adjacent to an activating group) is 1. The number of amides is 2. The van der Waals surface area contributed by atoms with Crippen LogP contribution in [0.3, 0.4) is 0 Å². The molecule has 1 aliphatic heterocycles. The number of carbonyl (C=O) groups excluding carboxylic acids is 2. The van der Waals surface area contributed by atoms with Gasteiger partial charge in [0, 0.05) is 19.6 Å². The Hall–Kier alpha value is -2.88. The van der Waals surface area contributed by atoms with Gasteiger partial charge in [-0.3, -0.25) is 14.5 Å². The maximum atomic E-state index is 13.0. The van der Waals surface area contributed by atoms with Crippen molar-refractivity contribution >= 4 is 17.4 Å². The summed E-state index contributed by atoms with van der Waals surface area (Å²) in [4.78, 5) is 29.1. The summed E-state index contributed by atoms with van der Waals surface area (Å²) in [7, 11) is 1.86. The molecule has 4 heteroatoms. The van der Waals surface area contributed by atoms with Crippen LogP contribution < -0.4 is 0 Å². The lowest BCUT2D eigenvalue weighted by Gasteiger charge is -2.23. The van der Waals surface area contributed by atoms with Crippen molar-refractivity contribution in [2.24, 2.45) is 0 Å². The van der Waals surface area contributed by atoms with Gasteiger partial charge in [0.15, 0.2) is 0 Å². The fourth-order valence-electron chi connectivity index (χ4n) is 3.16. The normalized spacial score (nSPS) is 14.6. The van der Waals surface area contributed by atoms with Crippen LogP contribution in [-0.2, 0) is 16.1 Å². The van der Waals surface area contributed by atoms with Crippen molar-refractivity contribution in [1.29, 1.82) is 0 Å². The molecule has 0 atom stereocenters. The second kappa shape index (κ2) is 6.93. The average Bonchev–Trinajstić information content (AvgIpc) is 2.87. The molecule has 0 unspecified atom stereocenters. The molecule has 1 heterocycles. The first-order valence-corrected chi connectivity index (χ1v) is 8.43. The van der Waals surface area contributed by atoms with Crippen LogP contribution in [-0.4, -0.2) is 34.7 Å². The summed E-state index contributed by atoms with van der Waals surface area (Å²) in [6.07, 6.45) is 0. The van der Waals surface area contributed by atoms with Gasteiger partial charge in [0.05, 0.1) is 5.57 Å². The van der Waals surface area contributed by atoms with Gasteiger partial charge in [-0.25, -0.2) is 0 Å². The largest absolute Gasteiger partial charge is 0.365 e. The van der Waals surface area contributed by atoms with Gasteiger partial charge < -0.3 is 4.90 Å². The maximum absolute atomic E-state index is 13.0. The van der Waals surface area contributed by atoms with E-state index in [-0.39, 0.29) is 17.9 Å². The van der Waals surface area contributed by atoms with Crippen molar-refractivity contribution in [3.05, 3.63) is 77.5 Å². The van der Waals surface area contributed by atoms with Crippen LogP contribution in [0.1, 0.15) is 25.0 Å². The number of hydrogen-bond donors (Lipinski definition) is 0. The summed E-state index contributed by atoms with van der Waals surface area (Å²) >= 11 is 0. The number of nitrogens with zero attached hydrogens (tertiary/aromatic N) is 2. The molecule has 0 saturated carbocycles. The highest BCUT2D eigenvalue weighted by Gasteiger charge is 2.41. The summed E-state index contributed by atoms with van der Waals surface area (Å²) in [6.45, 7) is 4.29. The molecule has 0 saturated heterocycles. The Morgan fingerprint density at radius 3 is 2.00 bits per heavy atom. The second-order valence-corrected chi connectivity index (χ2v) is 6.51. The summed E-state index contributed by atoms with van der Waals surface area (Å²) in [5, 5.41) is 0. The van der Waals surface area contributed by atoms with Gasteiger partial charge in [0.2, 0.25) is 0 Å². The smallest absolute Gasteiger partial charge is 0.278 e. The number of hydrogen-bond acceptors (Lipinski definition) is 3. The lowest BCUT2D eigenvalue weighted by molar-refractivity contribution is -0.139. The Bertz CT molecular complexity index is 810. The highest BCUT2D eigenvalue weighted by atomic mass is 16.2. The summed E-state index contributed by atoms with van der Waals surface area (Å²) in [6, 6.07) is 19.2. The predicted molar refractivity (Wildman–Crippen MR) is 98.3 cm³/mol. The van der Waals surface area contributed by atoms with Crippen molar-refractivity contribution in [2.45, 2.75) is 26.4 Å². The lowest BCUT2D eigenvalue weighted by Crippen LogP contribution is -2.39. The zero-order chi connectivity index (χ0) is 18.0. The molecule has 3 rings (SSSR count). The third kappa shape index (κ3) is 3.20. The van der Waals surface area contributed by atoms with Crippen molar-refractivity contribution in [3.63, 3.8) is 0 Å². The minimum Gasteiger partial charge on any atom is -0.365 e. The van der Waals surface area contributed by atoms with Gasteiger partial charge in [0.1, 0.15) is 5.70 Å². The molecule has 0 aliphatic carbocycles. The topological polar surface area (TPSA) is 40.6 Å². The van der Waals surface area contributed by atoms with Crippen molar-refractivity contribution in [1.82, 2.24) is 9.80 Å². The molecule has 4 nitrogen and oxygen atoms in total. The Labute approximate surface area is 148 Å². The van der Waals surface area contributed by atoms with Gasteiger partial charge in [-0.15, -0.1) is 0 Å². The Balaban J connectivity index is 2.05.